The minimum Gasteiger partial charge on any atom is -0.355 e. The van der Waals surface area contributed by atoms with Crippen LogP contribution in [0.25, 0.3) is 0 Å². The van der Waals surface area contributed by atoms with E-state index >= 15 is 0 Å². The van der Waals surface area contributed by atoms with Gasteiger partial charge in [0.1, 0.15) is 0 Å². The standard InChI is InChI=1S/C11H20O2/c1-8(2)11(9-4-5-9)6-7-13-10(11)12-3/h8-10H,4-7H2,1-3H3. The highest BCUT2D eigenvalue weighted by atomic mass is 16.7. The molecule has 2 heteroatoms. The van der Waals surface area contributed by atoms with Crippen molar-refractivity contribution in [2.75, 3.05) is 13.7 Å². The molecular weight excluding hydrogens is 164 g/mol. The van der Waals surface area contributed by atoms with E-state index in [1.165, 1.54) is 19.3 Å². The van der Waals surface area contributed by atoms with E-state index in [0.29, 0.717) is 11.3 Å². The Morgan fingerprint density at radius 1 is 1.38 bits per heavy atom. The fraction of sp³-hybridized carbons (Fsp3) is 1.00. The Morgan fingerprint density at radius 2 is 2.08 bits per heavy atom. The number of methoxy groups -OCH3 is 1. The van der Waals surface area contributed by atoms with Crippen LogP contribution in [-0.2, 0) is 9.47 Å². The molecule has 0 aromatic heterocycles. The molecule has 2 unspecified atom stereocenters. The Morgan fingerprint density at radius 3 is 2.54 bits per heavy atom. The zero-order chi connectivity index (χ0) is 9.47. The third kappa shape index (κ3) is 1.31. The smallest absolute Gasteiger partial charge is 0.163 e. The molecule has 2 nitrogen and oxygen atoms in total. The van der Waals surface area contributed by atoms with Crippen LogP contribution < -0.4 is 0 Å². The molecule has 1 aliphatic heterocycles. The highest BCUT2D eigenvalue weighted by molar-refractivity contribution is 5.00. The number of ether oxygens (including phenoxy) is 2. The van der Waals surface area contributed by atoms with Crippen LogP contribution in [0.3, 0.4) is 0 Å². The largest absolute Gasteiger partial charge is 0.355 e. The predicted molar refractivity (Wildman–Crippen MR) is 51.4 cm³/mol. The van der Waals surface area contributed by atoms with E-state index in [1.54, 1.807) is 7.11 Å². The average molecular weight is 184 g/mol. The molecule has 0 aromatic carbocycles. The summed E-state index contributed by atoms with van der Waals surface area (Å²) in [6.45, 7) is 5.49. The Labute approximate surface area is 80.6 Å². The van der Waals surface area contributed by atoms with Gasteiger partial charge in [-0.05, 0) is 31.1 Å². The fourth-order valence-corrected chi connectivity index (χ4v) is 2.95. The summed E-state index contributed by atoms with van der Waals surface area (Å²) in [6.07, 6.45) is 4.00. The molecule has 1 saturated heterocycles. The SMILES string of the molecule is COC1OCCC1(C(C)C)C1CC1. The van der Waals surface area contributed by atoms with E-state index in [4.69, 9.17) is 9.47 Å². The van der Waals surface area contributed by atoms with E-state index < -0.39 is 0 Å². The van der Waals surface area contributed by atoms with Crippen molar-refractivity contribution < 1.29 is 9.47 Å². The topological polar surface area (TPSA) is 18.5 Å². The van der Waals surface area contributed by atoms with Gasteiger partial charge in [-0.2, -0.15) is 0 Å². The summed E-state index contributed by atoms with van der Waals surface area (Å²) in [6, 6.07) is 0. The van der Waals surface area contributed by atoms with E-state index in [2.05, 4.69) is 13.8 Å². The third-order valence-electron chi connectivity index (χ3n) is 3.87. The van der Waals surface area contributed by atoms with Gasteiger partial charge in [0.05, 0.1) is 6.61 Å². The summed E-state index contributed by atoms with van der Waals surface area (Å²) in [5.41, 5.74) is 0.328. The summed E-state index contributed by atoms with van der Waals surface area (Å²) in [4.78, 5) is 0. The molecule has 1 heterocycles. The second-order valence-electron chi connectivity index (χ2n) is 4.73. The zero-order valence-electron chi connectivity index (χ0n) is 8.88. The van der Waals surface area contributed by atoms with Crippen molar-refractivity contribution in [2.24, 2.45) is 17.3 Å². The second kappa shape index (κ2) is 3.25. The van der Waals surface area contributed by atoms with E-state index in [9.17, 15) is 0 Å². The molecule has 76 valence electrons. The summed E-state index contributed by atoms with van der Waals surface area (Å²) in [7, 11) is 1.77. The summed E-state index contributed by atoms with van der Waals surface area (Å²) < 4.78 is 11.1. The van der Waals surface area contributed by atoms with Crippen LogP contribution in [0.1, 0.15) is 33.1 Å². The maximum atomic E-state index is 5.66. The van der Waals surface area contributed by atoms with Crippen molar-refractivity contribution >= 4 is 0 Å². The molecule has 2 rings (SSSR count). The van der Waals surface area contributed by atoms with Gasteiger partial charge in [-0.25, -0.2) is 0 Å². The maximum absolute atomic E-state index is 5.66. The van der Waals surface area contributed by atoms with Crippen molar-refractivity contribution in [3.05, 3.63) is 0 Å². The first-order valence-corrected chi connectivity index (χ1v) is 5.36. The number of hydrogen-bond acceptors (Lipinski definition) is 2. The lowest BCUT2D eigenvalue weighted by Gasteiger charge is -2.37. The summed E-state index contributed by atoms with van der Waals surface area (Å²) in [5, 5.41) is 0. The van der Waals surface area contributed by atoms with Gasteiger partial charge < -0.3 is 9.47 Å². The van der Waals surface area contributed by atoms with Crippen LogP contribution in [0.2, 0.25) is 0 Å². The Bertz CT molecular complexity index is 183. The third-order valence-corrected chi connectivity index (χ3v) is 3.87. The first-order chi connectivity index (χ1) is 6.21. The molecule has 1 aliphatic carbocycles. The Balaban J connectivity index is 2.19. The first kappa shape index (κ1) is 9.47. The lowest BCUT2D eigenvalue weighted by atomic mass is 9.71. The highest BCUT2D eigenvalue weighted by Gasteiger charge is 2.55. The van der Waals surface area contributed by atoms with E-state index in [1.807, 2.05) is 0 Å². The average Bonchev–Trinajstić information content (AvgIpc) is 2.85. The van der Waals surface area contributed by atoms with Gasteiger partial charge in [0, 0.05) is 12.5 Å². The maximum Gasteiger partial charge on any atom is 0.163 e. The molecule has 1 saturated carbocycles. The lowest BCUT2D eigenvalue weighted by molar-refractivity contribution is -0.161. The van der Waals surface area contributed by atoms with Gasteiger partial charge in [0.2, 0.25) is 0 Å². The van der Waals surface area contributed by atoms with Crippen LogP contribution in [0.5, 0.6) is 0 Å². The lowest BCUT2D eigenvalue weighted by Crippen LogP contribution is -2.39. The van der Waals surface area contributed by atoms with Crippen molar-refractivity contribution in [3.8, 4) is 0 Å². The molecule has 0 aromatic rings. The van der Waals surface area contributed by atoms with Gasteiger partial charge in [-0.1, -0.05) is 13.8 Å². The van der Waals surface area contributed by atoms with Crippen LogP contribution >= 0.6 is 0 Å². The summed E-state index contributed by atoms with van der Waals surface area (Å²) >= 11 is 0. The van der Waals surface area contributed by atoms with Crippen LogP contribution in [-0.4, -0.2) is 20.0 Å². The van der Waals surface area contributed by atoms with E-state index in [0.717, 1.165) is 12.5 Å². The number of rotatable bonds is 3. The van der Waals surface area contributed by atoms with Crippen molar-refractivity contribution in [1.29, 1.82) is 0 Å². The summed E-state index contributed by atoms with van der Waals surface area (Å²) in [5.74, 6) is 1.53. The van der Waals surface area contributed by atoms with Crippen molar-refractivity contribution in [3.63, 3.8) is 0 Å². The monoisotopic (exact) mass is 184 g/mol. The minimum absolute atomic E-state index is 0.0556. The molecule has 2 fully saturated rings. The Kier molecular flexibility index (Phi) is 2.37. The zero-order valence-corrected chi connectivity index (χ0v) is 8.88. The van der Waals surface area contributed by atoms with Gasteiger partial charge in [0.15, 0.2) is 6.29 Å². The van der Waals surface area contributed by atoms with Crippen molar-refractivity contribution in [1.82, 2.24) is 0 Å². The molecule has 0 amide bonds. The quantitative estimate of drug-likeness (QED) is 0.670. The molecule has 0 spiro atoms. The van der Waals surface area contributed by atoms with Crippen molar-refractivity contribution in [2.45, 2.75) is 39.4 Å². The van der Waals surface area contributed by atoms with Gasteiger partial charge in [-0.15, -0.1) is 0 Å². The molecule has 0 radical (unpaired) electrons. The molecule has 0 N–H and O–H groups in total. The molecule has 2 atom stereocenters. The first-order valence-electron chi connectivity index (χ1n) is 5.36. The van der Waals surface area contributed by atoms with E-state index in [-0.39, 0.29) is 6.29 Å². The van der Waals surface area contributed by atoms with Crippen LogP contribution in [0.15, 0.2) is 0 Å². The molecule has 13 heavy (non-hydrogen) atoms. The highest BCUT2D eigenvalue weighted by Crippen LogP contribution is 2.57. The fourth-order valence-electron chi connectivity index (χ4n) is 2.95. The molecule has 0 bridgehead atoms. The molecular formula is C11H20O2. The normalized spacial score (nSPS) is 40.2. The van der Waals surface area contributed by atoms with Crippen LogP contribution in [0, 0.1) is 17.3 Å². The minimum atomic E-state index is 0.0556. The second-order valence-corrected chi connectivity index (χ2v) is 4.73. The van der Waals surface area contributed by atoms with Crippen LogP contribution in [0.4, 0.5) is 0 Å². The van der Waals surface area contributed by atoms with Gasteiger partial charge >= 0.3 is 0 Å². The Hall–Kier alpha value is -0.0800. The number of hydrogen-bond donors (Lipinski definition) is 0. The van der Waals surface area contributed by atoms with Gasteiger partial charge in [-0.3, -0.25) is 0 Å². The van der Waals surface area contributed by atoms with Gasteiger partial charge in [0.25, 0.3) is 0 Å². The predicted octanol–water partition coefficient (Wildman–Crippen LogP) is 2.43. The molecule has 2 aliphatic rings.